The van der Waals surface area contributed by atoms with Crippen LogP contribution in [0, 0.1) is 5.82 Å². The molecule has 1 fully saturated rings. The standard InChI is InChI=1S/C17H23ClFN3O3/c1-3-22(9-16(23)24)13-7-12(8-13)21-17(25)20-10(2)14-5-4-11(19)6-15(14)18/h4-6,10,12-13H,3,7-9H2,1-2H3,(H,23,24)(H2,20,21,25)/t10-,12?,13?/m1/s1. The summed E-state index contributed by atoms with van der Waals surface area (Å²) in [6.07, 6.45) is 1.44. The van der Waals surface area contributed by atoms with Crippen molar-refractivity contribution in [2.75, 3.05) is 13.1 Å². The van der Waals surface area contributed by atoms with Crippen LogP contribution in [-0.2, 0) is 4.79 Å². The molecule has 0 saturated heterocycles. The van der Waals surface area contributed by atoms with Crippen LogP contribution in [0.25, 0.3) is 0 Å². The number of hydrogen-bond donors (Lipinski definition) is 3. The van der Waals surface area contributed by atoms with Gasteiger partial charge in [0.1, 0.15) is 5.82 Å². The number of hydrogen-bond acceptors (Lipinski definition) is 3. The monoisotopic (exact) mass is 371 g/mol. The van der Waals surface area contributed by atoms with Crippen molar-refractivity contribution in [3.8, 4) is 0 Å². The van der Waals surface area contributed by atoms with E-state index in [0.29, 0.717) is 12.1 Å². The maximum Gasteiger partial charge on any atom is 0.317 e. The van der Waals surface area contributed by atoms with Crippen molar-refractivity contribution < 1.29 is 19.1 Å². The molecular formula is C17H23ClFN3O3. The highest BCUT2D eigenvalue weighted by Gasteiger charge is 2.34. The molecule has 8 heteroatoms. The Bertz CT molecular complexity index is 638. The van der Waals surface area contributed by atoms with Gasteiger partial charge in [0.2, 0.25) is 0 Å². The molecule has 1 atom stereocenters. The summed E-state index contributed by atoms with van der Waals surface area (Å²) < 4.78 is 13.1. The van der Waals surface area contributed by atoms with E-state index in [-0.39, 0.29) is 35.7 Å². The number of carboxylic acids is 1. The quantitative estimate of drug-likeness (QED) is 0.688. The number of halogens is 2. The zero-order valence-electron chi connectivity index (χ0n) is 14.3. The predicted molar refractivity (Wildman–Crippen MR) is 93.2 cm³/mol. The van der Waals surface area contributed by atoms with Crippen molar-refractivity contribution >= 4 is 23.6 Å². The van der Waals surface area contributed by atoms with Gasteiger partial charge in [-0.1, -0.05) is 24.6 Å². The molecule has 0 bridgehead atoms. The van der Waals surface area contributed by atoms with Gasteiger partial charge in [0, 0.05) is 17.1 Å². The highest BCUT2D eigenvalue weighted by atomic mass is 35.5. The molecule has 1 aromatic carbocycles. The van der Waals surface area contributed by atoms with E-state index in [1.807, 2.05) is 11.8 Å². The molecular weight excluding hydrogens is 349 g/mol. The van der Waals surface area contributed by atoms with Crippen LogP contribution in [0.1, 0.15) is 38.3 Å². The molecule has 2 amide bonds. The van der Waals surface area contributed by atoms with Crippen LogP contribution in [-0.4, -0.2) is 47.2 Å². The summed E-state index contributed by atoms with van der Waals surface area (Å²) in [5.74, 6) is -1.27. The third-order valence-electron chi connectivity index (χ3n) is 4.49. The Balaban J connectivity index is 1.79. The average molecular weight is 372 g/mol. The minimum absolute atomic E-state index is 0.0141. The Labute approximate surface area is 151 Å². The summed E-state index contributed by atoms with van der Waals surface area (Å²) in [6, 6.07) is 3.58. The highest BCUT2D eigenvalue weighted by Crippen LogP contribution is 2.26. The normalized spacial score (nSPS) is 20.7. The summed E-state index contributed by atoms with van der Waals surface area (Å²) in [6.45, 7) is 4.37. The minimum atomic E-state index is -0.846. The average Bonchev–Trinajstić information content (AvgIpc) is 2.48. The second-order valence-corrected chi connectivity index (χ2v) is 6.69. The van der Waals surface area contributed by atoms with Crippen LogP contribution < -0.4 is 10.6 Å². The van der Waals surface area contributed by atoms with Gasteiger partial charge in [0.05, 0.1) is 12.6 Å². The highest BCUT2D eigenvalue weighted by molar-refractivity contribution is 6.31. The number of benzene rings is 1. The number of amides is 2. The predicted octanol–water partition coefficient (Wildman–Crippen LogP) is 2.78. The van der Waals surface area contributed by atoms with Crippen molar-refractivity contribution in [3.63, 3.8) is 0 Å². The first kappa shape index (κ1) is 19.5. The van der Waals surface area contributed by atoms with Crippen molar-refractivity contribution in [1.82, 2.24) is 15.5 Å². The Hall–Kier alpha value is -1.86. The van der Waals surface area contributed by atoms with E-state index >= 15 is 0 Å². The van der Waals surface area contributed by atoms with Gasteiger partial charge in [-0.25, -0.2) is 9.18 Å². The van der Waals surface area contributed by atoms with Gasteiger partial charge < -0.3 is 15.7 Å². The molecule has 0 aliphatic heterocycles. The lowest BCUT2D eigenvalue weighted by atomic mass is 9.85. The molecule has 1 aliphatic rings. The number of nitrogens with zero attached hydrogens (tertiary/aromatic N) is 1. The smallest absolute Gasteiger partial charge is 0.317 e. The van der Waals surface area contributed by atoms with E-state index in [1.165, 1.54) is 12.1 Å². The van der Waals surface area contributed by atoms with Gasteiger partial charge in [-0.15, -0.1) is 0 Å². The zero-order chi connectivity index (χ0) is 18.6. The lowest BCUT2D eigenvalue weighted by molar-refractivity contribution is -0.139. The molecule has 0 radical (unpaired) electrons. The molecule has 138 valence electrons. The maximum atomic E-state index is 13.1. The number of aliphatic carboxylic acids is 1. The number of nitrogens with one attached hydrogen (secondary N) is 2. The first-order valence-electron chi connectivity index (χ1n) is 8.28. The molecule has 1 aromatic rings. The Morgan fingerprint density at radius 3 is 2.68 bits per heavy atom. The lowest BCUT2D eigenvalue weighted by Gasteiger charge is -2.42. The van der Waals surface area contributed by atoms with E-state index in [4.69, 9.17) is 16.7 Å². The zero-order valence-corrected chi connectivity index (χ0v) is 15.0. The van der Waals surface area contributed by atoms with Crippen LogP contribution in [0.3, 0.4) is 0 Å². The fourth-order valence-corrected chi connectivity index (χ4v) is 3.36. The van der Waals surface area contributed by atoms with Crippen molar-refractivity contribution in [1.29, 1.82) is 0 Å². The number of rotatable bonds is 7. The second-order valence-electron chi connectivity index (χ2n) is 6.28. The minimum Gasteiger partial charge on any atom is -0.480 e. The summed E-state index contributed by atoms with van der Waals surface area (Å²) in [5.41, 5.74) is 0.642. The summed E-state index contributed by atoms with van der Waals surface area (Å²) in [4.78, 5) is 24.8. The van der Waals surface area contributed by atoms with Crippen molar-refractivity contribution in [2.24, 2.45) is 0 Å². The number of urea groups is 1. The lowest BCUT2D eigenvalue weighted by Crippen LogP contribution is -2.56. The van der Waals surface area contributed by atoms with Gasteiger partial charge in [-0.2, -0.15) is 0 Å². The van der Waals surface area contributed by atoms with Crippen molar-refractivity contribution in [3.05, 3.63) is 34.6 Å². The molecule has 6 nitrogen and oxygen atoms in total. The van der Waals surface area contributed by atoms with Gasteiger partial charge in [-0.05, 0) is 44.0 Å². The number of carbonyl (C=O) groups excluding carboxylic acids is 1. The van der Waals surface area contributed by atoms with Crippen LogP contribution in [0.4, 0.5) is 9.18 Å². The SMILES string of the molecule is CCN(CC(=O)O)C1CC(NC(=O)N[C@H](C)c2ccc(F)cc2Cl)C1. The van der Waals surface area contributed by atoms with Crippen molar-refractivity contribution in [2.45, 2.75) is 44.8 Å². The molecule has 0 spiro atoms. The molecule has 0 aromatic heterocycles. The number of carbonyl (C=O) groups is 2. The first-order chi connectivity index (χ1) is 11.8. The van der Waals surface area contributed by atoms with Crippen LogP contribution in [0.5, 0.6) is 0 Å². The van der Waals surface area contributed by atoms with E-state index in [1.54, 1.807) is 13.0 Å². The third kappa shape index (κ3) is 5.31. The molecule has 0 heterocycles. The molecule has 1 saturated carbocycles. The molecule has 1 aliphatic carbocycles. The van der Waals surface area contributed by atoms with E-state index in [0.717, 1.165) is 12.8 Å². The summed E-state index contributed by atoms with van der Waals surface area (Å²) in [7, 11) is 0. The van der Waals surface area contributed by atoms with Crippen LogP contribution in [0.15, 0.2) is 18.2 Å². The van der Waals surface area contributed by atoms with Crippen LogP contribution in [0.2, 0.25) is 5.02 Å². The molecule has 3 N–H and O–H groups in total. The second kappa shape index (κ2) is 8.49. The fourth-order valence-electron chi connectivity index (χ4n) is 3.03. The van der Waals surface area contributed by atoms with Crippen LogP contribution >= 0.6 is 11.6 Å². The fraction of sp³-hybridized carbons (Fsp3) is 0.529. The molecule has 25 heavy (non-hydrogen) atoms. The molecule has 0 unspecified atom stereocenters. The largest absolute Gasteiger partial charge is 0.480 e. The van der Waals surface area contributed by atoms with Gasteiger partial charge >= 0.3 is 12.0 Å². The van der Waals surface area contributed by atoms with Gasteiger partial charge in [0.15, 0.2) is 0 Å². The Kier molecular flexibility index (Phi) is 6.61. The maximum absolute atomic E-state index is 13.1. The topological polar surface area (TPSA) is 81.7 Å². The number of likely N-dealkylation sites (N-methyl/N-ethyl adjacent to an activating group) is 1. The Morgan fingerprint density at radius 1 is 1.44 bits per heavy atom. The van der Waals surface area contributed by atoms with E-state index < -0.39 is 11.8 Å². The summed E-state index contributed by atoms with van der Waals surface area (Å²) in [5, 5.41) is 14.8. The first-order valence-corrected chi connectivity index (χ1v) is 8.65. The van der Waals surface area contributed by atoms with Gasteiger partial charge in [-0.3, -0.25) is 9.69 Å². The summed E-state index contributed by atoms with van der Waals surface area (Å²) >= 11 is 6.00. The Morgan fingerprint density at radius 2 is 2.12 bits per heavy atom. The van der Waals surface area contributed by atoms with E-state index in [9.17, 15) is 14.0 Å². The molecule has 2 rings (SSSR count). The number of carboxylic acid groups (broad SMARTS) is 1. The van der Waals surface area contributed by atoms with E-state index in [2.05, 4.69) is 10.6 Å². The van der Waals surface area contributed by atoms with Gasteiger partial charge in [0.25, 0.3) is 0 Å². The third-order valence-corrected chi connectivity index (χ3v) is 4.81.